The molecule has 1 aliphatic heterocycles. The second-order valence-electron chi connectivity index (χ2n) is 5.28. The minimum Gasteiger partial charge on any atom is -0.377 e. The minimum atomic E-state index is -0.0961. The van der Waals surface area contributed by atoms with Gasteiger partial charge in [-0.3, -0.25) is 15.0 Å². The van der Waals surface area contributed by atoms with E-state index in [2.05, 4.69) is 20.4 Å². The number of amides is 1. The first-order valence-electron chi connectivity index (χ1n) is 7.03. The number of carbonyl (C=O) groups excluding carboxylic acids is 1. The maximum Gasteiger partial charge on any atom is 0.227 e. The molecule has 0 bridgehead atoms. The van der Waals surface area contributed by atoms with E-state index in [-0.39, 0.29) is 11.9 Å². The average Bonchev–Trinajstić information content (AvgIpc) is 3.13. The molecule has 0 unspecified atom stereocenters. The van der Waals surface area contributed by atoms with Crippen molar-refractivity contribution in [2.45, 2.75) is 26.3 Å². The van der Waals surface area contributed by atoms with E-state index in [4.69, 9.17) is 4.74 Å². The Labute approximate surface area is 122 Å². The van der Waals surface area contributed by atoms with Crippen LogP contribution in [-0.4, -0.2) is 51.0 Å². The Bertz CT molecular complexity index is 600. The summed E-state index contributed by atoms with van der Waals surface area (Å²) in [6, 6.07) is 1.79. The van der Waals surface area contributed by atoms with Crippen molar-refractivity contribution in [3.8, 4) is 0 Å². The molecule has 7 nitrogen and oxygen atoms in total. The SMILES string of the molecule is Cc1n[nH]c(C)c1CC(=O)N1CCOC[C@H]1c1ccn[nH]1. The van der Waals surface area contributed by atoms with Crippen LogP contribution in [0.25, 0.3) is 0 Å². The van der Waals surface area contributed by atoms with Crippen LogP contribution in [0.3, 0.4) is 0 Å². The lowest BCUT2D eigenvalue weighted by Gasteiger charge is -2.35. The Morgan fingerprint density at radius 3 is 3.00 bits per heavy atom. The van der Waals surface area contributed by atoms with Crippen LogP contribution >= 0.6 is 0 Å². The summed E-state index contributed by atoms with van der Waals surface area (Å²) < 4.78 is 5.51. The minimum absolute atomic E-state index is 0.0884. The predicted molar refractivity (Wildman–Crippen MR) is 75.6 cm³/mol. The Morgan fingerprint density at radius 1 is 1.48 bits per heavy atom. The number of rotatable bonds is 3. The number of aryl methyl sites for hydroxylation is 2. The van der Waals surface area contributed by atoms with E-state index in [9.17, 15) is 4.79 Å². The zero-order chi connectivity index (χ0) is 14.8. The molecule has 1 saturated heterocycles. The summed E-state index contributed by atoms with van der Waals surface area (Å²) in [5.41, 5.74) is 3.72. The van der Waals surface area contributed by atoms with Gasteiger partial charge in [-0.05, 0) is 19.9 Å². The first kappa shape index (κ1) is 13.8. The van der Waals surface area contributed by atoms with Gasteiger partial charge in [0.2, 0.25) is 5.91 Å². The van der Waals surface area contributed by atoms with Crippen molar-refractivity contribution < 1.29 is 9.53 Å². The van der Waals surface area contributed by atoms with Gasteiger partial charge in [-0.2, -0.15) is 10.2 Å². The van der Waals surface area contributed by atoms with Gasteiger partial charge in [0.05, 0.1) is 37.1 Å². The van der Waals surface area contributed by atoms with Gasteiger partial charge in [-0.25, -0.2) is 0 Å². The van der Waals surface area contributed by atoms with E-state index in [1.807, 2.05) is 24.8 Å². The van der Waals surface area contributed by atoms with Gasteiger partial charge < -0.3 is 9.64 Å². The summed E-state index contributed by atoms with van der Waals surface area (Å²) >= 11 is 0. The first-order chi connectivity index (χ1) is 10.2. The van der Waals surface area contributed by atoms with Crippen LogP contribution in [0.5, 0.6) is 0 Å². The van der Waals surface area contributed by atoms with Crippen molar-refractivity contribution in [2.75, 3.05) is 19.8 Å². The number of nitrogens with zero attached hydrogens (tertiary/aromatic N) is 3. The lowest BCUT2D eigenvalue weighted by Crippen LogP contribution is -2.44. The Morgan fingerprint density at radius 2 is 2.33 bits per heavy atom. The summed E-state index contributed by atoms with van der Waals surface area (Å²) in [7, 11) is 0. The number of aromatic amines is 2. The van der Waals surface area contributed by atoms with E-state index in [0.29, 0.717) is 26.2 Å². The number of carbonyl (C=O) groups is 1. The van der Waals surface area contributed by atoms with Crippen molar-refractivity contribution in [2.24, 2.45) is 0 Å². The largest absolute Gasteiger partial charge is 0.377 e. The van der Waals surface area contributed by atoms with E-state index in [0.717, 1.165) is 22.6 Å². The van der Waals surface area contributed by atoms with Crippen LogP contribution < -0.4 is 0 Å². The molecule has 2 aromatic rings. The predicted octanol–water partition coefficient (Wildman–Crippen LogP) is 0.892. The molecule has 1 fully saturated rings. The number of morpholine rings is 1. The molecule has 1 atom stereocenters. The molecule has 3 heterocycles. The van der Waals surface area contributed by atoms with E-state index in [1.165, 1.54) is 0 Å². The second kappa shape index (κ2) is 5.69. The van der Waals surface area contributed by atoms with Gasteiger partial charge in [0.1, 0.15) is 0 Å². The van der Waals surface area contributed by atoms with Crippen molar-refractivity contribution in [3.05, 3.63) is 34.9 Å². The third-order valence-electron chi connectivity index (χ3n) is 3.94. The smallest absolute Gasteiger partial charge is 0.227 e. The summed E-state index contributed by atoms with van der Waals surface area (Å²) in [6.45, 7) is 5.52. The van der Waals surface area contributed by atoms with Crippen LogP contribution in [0.2, 0.25) is 0 Å². The summed E-state index contributed by atoms with van der Waals surface area (Å²) in [5, 5.41) is 14.0. The number of ether oxygens (including phenoxy) is 1. The highest BCUT2D eigenvalue weighted by atomic mass is 16.5. The molecule has 0 aromatic carbocycles. The second-order valence-corrected chi connectivity index (χ2v) is 5.28. The molecule has 0 spiro atoms. The molecular formula is C14H19N5O2. The molecule has 21 heavy (non-hydrogen) atoms. The van der Waals surface area contributed by atoms with Crippen molar-refractivity contribution in [3.63, 3.8) is 0 Å². The maximum absolute atomic E-state index is 12.7. The Kier molecular flexibility index (Phi) is 3.74. The molecule has 0 saturated carbocycles. The Hall–Kier alpha value is -2.15. The molecule has 2 aromatic heterocycles. The third-order valence-corrected chi connectivity index (χ3v) is 3.94. The lowest BCUT2D eigenvalue weighted by atomic mass is 10.1. The van der Waals surface area contributed by atoms with Gasteiger partial charge in [0.25, 0.3) is 0 Å². The highest BCUT2D eigenvalue weighted by Crippen LogP contribution is 2.24. The molecular weight excluding hydrogens is 270 g/mol. The van der Waals surface area contributed by atoms with Gasteiger partial charge in [0, 0.05) is 24.0 Å². The van der Waals surface area contributed by atoms with E-state index < -0.39 is 0 Å². The molecule has 2 N–H and O–H groups in total. The van der Waals surface area contributed by atoms with Crippen molar-refractivity contribution in [1.29, 1.82) is 0 Å². The van der Waals surface area contributed by atoms with Crippen LogP contribution in [0.15, 0.2) is 12.3 Å². The van der Waals surface area contributed by atoms with Crippen molar-refractivity contribution >= 4 is 5.91 Å². The van der Waals surface area contributed by atoms with E-state index in [1.54, 1.807) is 6.20 Å². The van der Waals surface area contributed by atoms with Crippen LogP contribution in [0.1, 0.15) is 28.7 Å². The van der Waals surface area contributed by atoms with E-state index >= 15 is 0 Å². The molecule has 0 radical (unpaired) electrons. The van der Waals surface area contributed by atoms with Crippen LogP contribution in [0, 0.1) is 13.8 Å². The molecule has 0 aliphatic carbocycles. The van der Waals surface area contributed by atoms with Crippen LogP contribution in [0.4, 0.5) is 0 Å². The average molecular weight is 289 g/mol. The number of H-pyrrole nitrogens is 2. The fourth-order valence-electron chi connectivity index (χ4n) is 2.70. The standard InChI is InChI=1S/C14H19N5O2/c1-9-11(10(2)17-16-9)7-14(20)19-5-6-21-8-13(19)12-3-4-15-18-12/h3-4,13H,5-8H2,1-2H3,(H,15,18)(H,16,17)/t13-/m0/s1. The normalized spacial score (nSPS) is 19.0. The van der Waals surface area contributed by atoms with Gasteiger partial charge in [-0.15, -0.1) is 0 Å². The van der Waals surface area contributed by atoms with Crippen LogP contribution in [-0.2, 0) is 16.0 Å². The van der Waals surface area contributed by atoms with Gasteiger partial charge in [0.15, 0.2) is 0 Å². The quantitative estimate of drug-likeness (QED) is 0.878. The fraction of sp³-hybridized carbons (Fsp3) is 0.500. The molecule has 1 aliphatic rings. The summed E-state index contributed by atoms with van der Waals surface area (Å²) in [4.78, 5) is 14.5. The number of aromatic nitrogens is 4. The number of hydrogen-bond donors (Lipinski definition) is 2. The zero-order valence-electron chi connectivity index (χ0n) is 12.2. The van der Waals surface area contributed by atoms with Gasteiger partial charge >= 0.3 is 0 Å². The monoisotopic (exact) mass is 289 g/mol. The third kappa shape index (κ3) is 2.69. The Balaban J connectivity index is 1.79. The molecule has 3 rings (SSSR count). The topological polar surface area (TPSA) is 86.9 Å². The zero-order valence-corrected chi connectivity index (χ0v) is 12.2. The number of hydrogen-bond acceptors (Lipinski definition) is 4. The molecule has 112 valence electrons. The highest BCUT2D eigenvalue weighted by molar-refractivity contribution is 5.79. The fourth-order valence-corrected chi connectivity index (χ4v) is 2.70. The van der Waals surface area contributed by atoms with Crippen molar-refractivity contribution in [1.82, 2.24) is 25.3 Å². The van der Waals surface area contributed by atoms with Gasteiger partial charge in [-0.1, -0.05) is 0 Å². The highest BCUT2D eigenvalue weighted by Gasteiger charge is 2.30. The molecule has 7 heteroatoms. The summed E-state index contributed by atoms with van der Waals surface area (Å²) in [6.07, 6.45) is 2.05. The molecule has 1 amide bonds. The lowest BCUT2D eigenvalue weighted by molar-refractivity contribution is -0.139. The number of nitrogens with one attached hydrogen (secondary N) is 2. The maximum atomic E-state index is 12.7. The first-order valence-corrected chi connectivity index (χ1v) is 7.03. The summed E-state index contributed by atoms with van der Waals surface area (Å²) in [5.74, 6) is 0.0884.